The molecule has 2 heterocycles. The number of benzene rings is 1. The van der Waals surface area contributed by atoms with Crippen molar-refractivity contribution in [2.45, 2.75) is 12.5 Å². The molecule has 0 saturated heterocycles. The molecule has 116 valence electrons. The molecule has 1 aromatic carbocycles. The van der Waals surface area contributed by atoms with Crippen molar-refractivity contribution < 1.29 is 9.53 Å². The van der Waals surface area contributed by atoms with Gasteiger partial charge in [0.05, 0.1) is 13.3 Å². The molecule has 0 radical (unpaired) electrons. The molecule has 1 aromatic heterocycles. The standard InChI is InChI=1S/C16H20N4O2/c1-17-15(12-9-18-19(2)10-12)16(21)20-7-6-11-8-13(22-3)4-5-14(11)20/h4-5,8-10,15,17H,6-7H2,1-3H3. The van der Waals surface area contributed by atoms with Gasteiger partial charge in [0.2, 0.25) is 5.91 Å². The van der Waals surface area contributed by atoms with Crippen LogP contribution >= 0.6 is 0 Å². The number of carbonyl (C=O) groups is 1. The van der Waals surface area contributed by atoms with Crippen LogP contribution in [0.15, 0.2) is 30.6 Å². The molecule has 0 saturated carbocycles. The molecule has 6 heteroatoms. The van der Waals surface area contributed by atoms with Gasteiger partial charge in [0.25, 0.3) is 0 Å². The normalized spacial score (nSPS) is 14.8. The van der Waals surface area contributed by atoms with Crippen LogP contribution in [0.3, 0.4) is 0 Å². The monoisotopic (exact) mass is 300 g/mol. The van der Waals surface area contributed by atoms with Gasteiger partial charge in [-0.25, -0.2) is 0 Å². The highest BCUT2D eigenvalue weighted by Gasteiger charge is 2.31. The maximum atomic E-state index is 12.9. The van der Waals surface area contributed by atoms with Gasteiger partial charge >= 0.3 is 0 Å². The van der Waals surface area contributed by atoms with Gasteiger partial charge in [-0.1, -0.05) is 0 Å². The zero-order valence-electron chi connectivity index (χ0n) is 13.0. The minimum Gasteiger partial charge on any atom is -0.497 e. The van der Waals surface area contributed by atoms with Crippen LogP contribution in [0.25, 0.3) is 0 Å². The average Bonchev–Trinajstić information content (AvgIpc) is 3.13. The highest BCUT2D eigenvalue weighted by molar-refractivity contribution is 5.99. The number of nitrogens with zero attached hydrogens (tertiary/aromatic N) is 3. The zero-order chi connectivity index (χ0) is 15.7. The average molecular weight is 300 g/mol. The van der Waals surface area contributed by atoms with Crippen LogP contribution in [-0.4, -0.2) is 36.4 Å². The number of ether oxygens (including phenoxy) is 1. The van der Waals surface area contributed by atoms with Crippen molar-refractivity contribution in [1.29, 1.82) is 0 Å². The molecule has 1 atom stereocenters. The Morgan fingerprint density at radius 1 is 1.45 bits per heavy atom. The lowest BCUT2D eigenvalue weighted by molar-refractivity contribution is -0.120. The minimum absolute atomic E-state index is 0.0411. The van der Waals surface area contributed by atoms with Crippen LogP contribution in [0.4, 0.5) is 5.69 Å². The Kier molecular flexibility index (Phi) is 3.85. The van der Waals surface area contributed by atoms with E-state index in [-0.39, 0.29) is 11.9 Å². The van der Waals surface area contributed by atoms with E-state index in [2.05, 4.69) is 10.4 Å². The predicted molar refractivity (Wildman–Crippen MR) is 84.1 cm³/mol. The van der Waals surface area contributed by atoms with Gasteiger partial charge in [0, 0.05) is 31.0 Å². The summed E-state index contributed by atoms with van der Waals surface area (Å²) in [4.78, 5) is 14.7. The third-order valence-corrected chi connectivity index (χ3v) is 4.04. The second-order valence-electron chi connectivity index (χ2n) is 5.40. The molecular weight excluding hydrogens is 280 g/mol. The number of anilines is 1. The lowest BCUT2D eigenvalue weighted by atomic mass is 10.1. The fraction of sp³-hybridized carbons (Fsp3) is 0.375. The first-order valence-corrected chi connectivity index (χ1v) is 7.28. The highest BCUT2D eigenvalue weighted by Crippen LogP contribution is 2.33. The summed E-state index contributed by atoms with van der Waals surface area (Å²) in [5.74, 6) is 0.866. The third-order valence-electron chi connectivity index (χ3n) is 4.04. The highest BCUT2D eigenvalue weighted by atomic mass is 16.5. The minimum atomic E-state index is -0.387. The molecule has 1 N–H and O–H groups in total. The van der Waals surface area contributed by atoms with Gasteiger partial charge in [0.1, 0.15) is 11.8 Å². The number of rotatable bonds is 4. The number of fused-ring (bicyclic) bond motifs is 1. The SMILES string of the molecule is CNC(C(=O)N1CCc2cc(OC)ccc21)c1cnn(C)c1. The van der Waals surface area contributed by atoms with Crippen molar-refractivity contribution in [2.75, 3.05) is 25.6 Å². The second kappa shape index (κ2) is 5.81. The smallest absolute Gasteiger partial charge is 0.248 e. The Labute approximate surface area is 129 Å². The van der Waals surface area contributed by atoms with Gasteiger partial charge in [-0.05, 0) is 37.2 Å². The number of methoxy groups -OCH3 is 1. The van der Waals surface area contributed by atoms with Gasteiger partial charge in [-0.15, -0.1) is 0 Å². The van der Waals surface area contributed by atoms with Crippen LogP contribution in [0.1, 0.15) is 17.2 Å². The van der Waals surface area contributed by atoms with E-state index in [9.17, 15) is 4.79 Å². The molecule has 22 heavy (non-hydrogen) atoms. The molecule has 1 aliphatic rings. The number of hydrogen-bond donors (Lipinski definition) is 1. The van der Waals surface area contributed by atoms with Crippen molar-refractivity contribution in [1.82, 2.24) is 15.1 Å². The fourth-order valence-electron chi connectivity index (χ4n) is 2.91. The van der Waals surface area contributed by atoms with Crippen LogP contribution < -0.4 is 15.0 Å². The summed E-state index contributed by atoms with van der Waals surface area (Å²) >= 11 is 0. The summed E-state index contributed by atoms with van der Waals surface area (Å²) in [6.45, 7) is 0.694. The Hall–Kier alpha value is -2.34. The van der Waals surface area contributed by atoms with Crippen molar-refractivity contribution >= 4 is 11.6 Å². The molecule has 1 unspecified atom stereocenters. The maximum absolute atomic E-state index is 12.9. The molecule has 3 rings (SSSR count). The summed E-state index contributed by atoms with van der Waals surface area (Å²) in [5.41, 5.74) is 2.99. The molecule has 0 bridgehead atoms. The number of hydrogen-bond acceptors (Lipinski definition) is 4. The number of carbonyl (C=O) groups excluding carboxylic acids is 1. The lowest BCUT2D eigenvalue weighted by Crippen LogP contribution is -2.38. The number of likely N-dealkylation sites (N-methyl/N-ethyl adjacent to an activating group) is 1. The van der Waals surface area contributed by atoms with E-state index in [0.29, 0.717) is 6.54 Å². The van der Waals surface area contributed by atoms with Gasteiger partial charge in [-0.3, -0.25) is 9.48 Å². The fourth-order valence-corrected chi connectivity index (χ4v) is 2.91. The van der Waals surface area contributed by atoms with Crippen molar-refractivity contribution in [3.8, 4) is 5.75 Å². The molecule has 0 spiro atoms. The molecule has 6 nitrogen and oxygen atoms in total. The molecular formula is C16H20N4O2. The Balaban J connectivity index is 1.88. The van der Waals surface area contributed by atoms with Gasteiger partial charge < -0.3 is 15.0 Å². The number of aryl methyl sites for hydroxylation is 1. The first-order chi connectivity index (χ1) is 10.6. The first kappa shape index (κ1) is 14.6. The van der Waals surface area contributed by atoms with Gasteiger partial charge in [-0.2, -0.15) is 5.10 Å². The predicted octanol–water partition coefficient (Wildman–Crippen LogP) is 1.28. The van der Waals surface area contributed by atoms with Crippen LogP contribution in [0.2, 0.25) is 0 Å². The molecule has 1 aliphatic heterocycles. The Morgan fingerprint density at radius 3 is 2.91 bits per heavy atom. The van der Waals surface area contributed by atoms with E-state index in [1.54, 1.807) is 25.0 Å². The third kappa shape index (κ3) is 2.46. The van der Waals surface area contributed by atoms with Crippen molar-refractivity contribution in [3.05, 3.63) is 41.7 Å². The van der Waals surface area contributed by atoms with Crippen molar-refractivity contribution in [2.24, 2.45) is 7.05 Å². The Bertz CT molecular complexity index is 695. The Morgan fingerprint density at radius 2 is 2.27 bits per heavy atom. The zero-order valence-corrected chi connectivity index (χ0v) is 13.0. The summed E-state index contributed by atoms with van der Waals surface area (Å²) in [5, 5.41) is 7.24. The van der Waals surface area contributed by atoms with E-state index in [1.807, 2.05) is 36.3 Å². The van der Waals surface area contributed by atoms with Crippen LogP contribution in [0.5, 0.6) is 5.75 Å². The molecule has 0 fully saturated rings. The van der Waals surface area contributed by atoms with Crippen molar-refractivity contribution in [3.63, 3.8) is 0 Å². The van der Waals surface area contributed by atoms with Gasteiger partial charge in [0.15, 0.2) is 0 Å². The van der Waals surface area contributed by atoms with E-state index in [1.165, 1.54) is 0 Å². The summed E-state index contributed by atoms with van der Waals surface area (Å²) < 4.78 is 6.95. The summed E-state index contributed by atoms with van der Waals surface area (Å²) in [6, 6.07) is 5.46. The van der Waals surface area contributed by atoms with E-state index >= 15 is 0 Å². The van der Waals surface area contributed by atoms with E-state index < -0.39 is 0 Å². The quantitative estimate of drug-likeness (QED) is 0.924. The van der Waals surface area contributed by atoms with E-state index in [4.69, 9.17) is 4.74 Å². The summed E-state index contributed by atoms with van der Waals surface area (Å²) in [6.07, 6.45) is 4.44. The molecule has 2 aromatic rings. The number of nitrogens with one attached hydrogen (secondary N) is 1. The topological polar surface area (TPSA) is 59.4 Å². The van der Waals surface area contributed by atoms with Crippen LogP contribution in [-0.2, 0) is 18.3 Å². The summed E-state index contributed by atoms with van der Waals surface area (Å²) in [7, 11) is 5.29. The largest absolute Gasteiger partial charge is 0.497 e. The first-order valence-electron chi connectivity index (χ1n) is 7.28. The second-order valence-corrected chi connectivity index (χ2v) is 5.40. The van der Waals surface area contributed by atoms with E-state index in [0.717, 1.165) is 29.0 Å². The molecule has 1 amide bonds. The number of aromatic nitrogens is 2. The van der Waals surface area contributed by atoms with Crippen LogP contribution in [0, 0.1) is 0 Å². The molecule has 0 aliphatic carbocycles. The number of amides is 1. The maximum Gasteiger partial charge on any atom is 0.248 e. The lowest BCUT2D eigenvalue weighted by Gasteiger charge is -2.23.